The zero-order chi connectivity index (χ0) is 41.6. The number of amides is 2. The summed E-state index contributed by atoms with van der Waals surface area (Å²) in [5.74, 6) is -1.09. The van der Waals surface area contributed by atoms with E-state index in [0.29, 0.717) is 12.2 Å². The van der Waals surface area contributed by atoms with E-state index in [0.717, 1.165) is 29.0 Å². The van der Waals surface area contributed by atoms with Crippen molar-refractivity contribution < 1.29 is 80.5 Å². The highest BCUT2D eigenvalue weighted by Crippen LogP contribution is 2.61. The molecule has 2 aromatic rings. The lowest BCUT2D eigenvalue weighted by Gasteiger charge is -2.30. The number of hydrogen-bond acceptors (Lipinski definition) is 18. The fraction of sp³-hybridized carbons (Fsp3) is 0.704. The number of phosphoric ester groups is 3. The molecule has 3 unspecified atom stereocenters. The van der Waals surface area contributed by atoms with Gasteiger partial charge in [-0.05, 0) is 6.42 Å². The van der Waals surface area contributed by atoms with Gasteiger partial charge in [0.15, 0.2) is 22.8 Å². The Labute approximate surface area is 318 Å². The third-order valence-corrected chi connectivity index (χ3v) is 12.5. The Hall–Kier alpha value is -2.44. The number of aromatic nitrogens is 4. The van der Waals surface area contributed by atoms with Gasteiger partial charge in [-0.1, -0.05) is 46.4 Å². The number of carbonyl (C=O) groups is 3. The van der Waals surface area contributed by atoms with Gasteiger partial charge in [0.05, 0.1) is 19.5 Å². The van der Waals surface area contributed by atoms with Gasteiger partial charge < -0.3 is 50.9 Å². The summed E-state index contributed by atoms with van der Waals surface area (Å²) < 4.78 is 62.1. The topological polar surface area (TPSA) is 364 Å². The van der Waals surface area contributed by atoms with Gasteiger partial charge in [-0.25, -0.2) is 28.6 Å². The molecular formula is C27H46N7O17P3S. The Kier molecular flexibility index (Phi) is 16.1. The van der Waals surface area contributed by atoms with Crippen LogP contribution in [0.15, 0.2) is 12.7 Å². The standard InChI is InChI=1S/C27H46N7O17P3S/c1-6-26(2,3)25(39)55-10-9-29-16(35)7-8-30-23(38)20(37)27(4,5)12-48-54(45,46)51-53(43,44)47-11-15-19(50-52(40,41)42)18(36)24(49-15)34-14-33-17-21(28)31-13-32-22(17)34/h13-15,18-20,24,36-37H,6-12H2,1-5H3,(H,29,35)(H,30,38)(H,43,44)(H,45,46)(H2,28,31,32)(H2,40,41,42)/t15-,18-,19-,20?,24-/m1/s1. The lowest BCUT2D eigenvalue weighted by Crippen LogP contribution is -2.46. The van der Waals surface area contributed by atoms with E-state index in [1.807, 2.05) is 20.8 Å². The summed E-state index contributed by atoms with van der Waals surface area (Å²) in [6, 6.07) is 0. The first-order chi connectivity index (χ1) is 25.3. The largest absolute Gasteiger partial charge is 0.481 e. The van der Waals surface area contributed by atoms with Crippen LogP contribution in [0.2, 0.25) is 0 Å². The molecule has 3 rings (SSSR count). The number of nitrogens with one attached hydrogen (secondary N) is 2. The second-order valence-electron chi connectivity index (χ2n) is 13.4. The van der Waals surface area contributed by atoms with E-state index in [1.165, 1.54) is 13.8 Å². The number of fused-ring (bicyclic) bond motifs is 1. The minimum Gasteiger partial charge on any atom is -0.386 e. The highest BCUT2D eigenvalue weighted by atomic mass is 32.2. The number of nitrogen functional groups attached to an aromatic ring is 1. The smallest absolute Gasteiger partial charge is 0.386 e. The number of nitrogens with two attached hydrogens (primary N) is 1. The summed E-state index contributed by atoms with van der Waals surface area (Å²) in [6.45, 7) is 6.07. The highest BCUT2D eigenvalue weighted by Gasteiger charge is 2.50. The van der Waals surface area contributed by atoms with Crippen molar-refractivity contribution >= 4 is 69.1 Å². The molecule has 3 heterocycles. The third-order valence-electron chi connectivity index (χ3n) is 8.17. The molecule has 1 aliphatic rings. The van der Waals surface area contributed by atoms with Crippen LogP contribution in [0.25, 0.3) is 11.2 Å². The summed E-state index contributed by atoms with van der Waals surface area (Å²) in [6.07, 6.45) is -6.23. The number of phosphoric acid groups is 3. The molecule has 2 amide bonds. The summed E-state index contributed by atoms with van der Waals surface area (Å²) in [7, 11) is -16.4. The van der Waals surface area contributed by atoms with Gasteiger partial charge in [0.25, 0.3) is 0 Å². The molecule has 0 saturated carbocycles. The molecule has 312 valence electrons. The molecular weight excluding hydrogens is 819 g/mol. The first-order valence-electron chi connectivity index (χ1n) is 16.4. The van der Waals surface area contributed by atoms with E-state index in [1.54, 1.807) is 0 Å². The van der Waals surface area contributed by atoms with Gasteiger partial charge in [0.2, 0.25) is 11.8 Å². The Morgan fingerprint density at radius 2 is 1.69 bits per heavy atom. The predicted octanol–water partition coefficient (Wildman–Crippen LogP) is 0.101. The van der Waals surface area contributed by atoms with Crippen molar-refractivity contribution in [3.05, 3.63) is 12.7 Å². The lowest BCUT2D eigenvalue weighted by atomic mass is 9.87. The average molecular weight is 866 g/mol. The van der Waals surface area contributed by atoms with Crippen molar-refractivity contribution in [1.29, 1.82) is 0 Å². The van der Waals surface area contributed by atoms with E-state index >= 15 is 0 Å². The number of aliphatic hydroxyl groups excluding tert-OH is 2. The SMILES string of the molecule is CCC(C)(C)C(=O)SCCNC(=O)CCNC(=O)C(O)C(C)(C)COP(=O)(O)OP(=O)(O)OC[C@H]1O[C@@H](n2cnc3c(N)ncnc32)[C@H](O)[C@@H]1OP(=O)(O)O. The van der Waals surface area contributed by atoms with Crippen molar-refractivity contribution in [2.24, 2.45) is 10.8 Å². The summed E-state index contributed by atoms with van der Waals surface area (Å²) in [5.41, 5.74) is 3.78. The van der Waals surface area contributed by atoms with Crippen LogP contribution in [0.1, 0.15) is 53.7 Å². The first kappa shape index (κ1) is 46.9. The van der Waals surface area contributed by atoms with Crippen LogP contribution in [0.5, 0.6) is 0 Å². The van der Waals surface area contributed by atoms with Gasteiger partial charge in [0, 0.05) is 36.1 Å². The highest BCUT2D eigenvalue weighted by molar-refractivity contribution is 8.13. The quantitative estimate of drug-likeness (QED) is 0.0593. The van der Waals surface area contributed by atoms with Crippen LogP contribution >= 0.6 is 35.2 Å². The maximum atomic E-state index is 12.7. The monoisotopic (exact) mass is 865 g/mol. The molecule has 7 atom stereocenters. The van der Waals surface area contributed by atoms with Crippen molar-refractivity contribution in [3.8, 4) is 0 Å². The number of hydrogen-bond donors (Lipinski definition) is 9. The Bertz CT molecular complexity index is 1830. The number of imidazole rings is 1. The predicted molar refractivity (Wildman–Crippen MR) is 191 cm³/mol. The van der Waals surface area contributed by atoms with Crippen LogP contribution in [0, 0.1) is 10.8 Å². The number of ether oxygens (including phenoxy) is 1. The van der Waals surface area contributed by atoms with Crippen LogP contribution in [0.3, 0.4) is 0 Å². The van der Waals surface area contributed by atoms with Gasteiger partial charge in [-0.15, -0.1) is 0 Å². The number of nitrogens with zero attached hydrogens (tertiary/aromatic N) is 4. The number of carbonyl (C=O) groups excluding carboxylic acids is 3. The molecule has 2 aromatic heterocycles. The molecule has 0 aromatic carbocycles. The van der Waals surface area contributed by atoms with Gasteiger partial charge >= 0.3 is 23.5 Å². The molecule has 1 aliphatic heterocycles. The minimum atomic E-state index is -5.57. The molecule has 1 fully saturated rings. The van der Waals surface area contributed by atoms with Crippen LogP contribution < -0.4 is 16.4 Å². The molecule has 0 radical (unpaired) electrons. The molecule has 0 aliphatic carbocycles. The molecule has 55 heavy (non-hydrogen) atoms. The van der Waals surface area contributed by atoms with E-state index in [2.05, 4.69) is 34.4 Å². The molecule has 0 bridgehead atoms. The molecule has 24 nitrogen and oxygen atoms in total. The Balaban J connectivity index is 1.50. The van der Waals surface area contributed by atoms with Crippen molar-refractivity contribution in [1.82, 2.24) is 30.2 Å². The maximum Gasteiger partial charge on any atom is 0.481 e. The van der Waals surface area contributed by atoms with E-state index in [-0.39, 0.29) is 41.6 Å². The third kappa shape index (κ3) is 13.6. The molecule has 28 heteroatoms. The van der Waals surface area contributed by atoms with E-state index in [4.69, 9.17) is 19.5 Å². The summed E-state index contributed by atoms with van der Waals surface area (Å²) in [4.78, 5) is 87.7. The zero-order valence-electron chi connectivity index (χ0n) is 30.3. The number of anilines is 1. The number of thioether (sulfide) groups is 1. The van der Waals surface area contributed by atoms with Gasteiger partial charge in [-0.3, -0.25) is 32.5 Å². The Morgan fingerprint density at radius 3 is 2.33 bits per heavy atom. The Morgan fingerprint density at radius 1 is 1.04 bits per heavy atom. The van der Waals surface area contributed by atoms with E-state index in [9.17, 15) is 57.9 Å². The maximum absolute atomic E-state index is 12.7. The lowest BCUT2D eigenvalue weighted by molar-refractivity contribution is -0.137. The van der Waals surface area contributed by atoms with Gasteiger partial charge in [-0.2, -0.15) is 4.31 Å². The minimum absolute atomic E-state index is 0.00109. The normalized spacial score (nSPS) is 22.2. The number of aliphatic hydroxyl groups is 2. The molecule has 0 spiro atoms. The summed E-state index contributed by atoms with van der Waals surface area (Å²) >= 11 is 1.10. The number of rotatable bonds is 21. The van der Waals surface area contributed by atoms with Crippen LogP contribution in [-0.4, -0.2) is 123 Å². The fourth-order valence-corrected chi connectivity index (χ4v) is 8.37. The molecule has 1 saturated heterocycles. The van der Waals surface area contributed by atoms with Crippen molar-refractivity contribution in [3.63, 3.8) is 0 Å². The first-order valence-corrected chi connectivity index (χ1v) is 21.9. The fourth-order valence-electron chi connectivity index (χ4n) is 4.61. The van der Waals surface area contributed by atoms with Gasteiger partial charge in [0.1, 0.15) is 36.3 Å². The van der Waals surface area contributed by atoms with E-state index < -0.39 is 90.0 Å². The van der Waals surface area contributed by atoms with Crippen LogP contribution in [0.4, 0.5) is 5.82 Å². The van der Waals surface area contributed by atoms with Crippen molar-refractivity contribution in [2.45, 2.75) is 78.1 Å². The second kappa shape index (κ2) is 18.9. The second-order valence-corrected chi connectivity index (χ2v) is 18.7. The molecule has 10 N–H and O–H groups in total. The van der Waals surface area contributed by atoms with Crippen LogP contribution in [-0.2, 0) is 50.7 Å². The van der Waals surface area contributed by atoms with Crippen molar-refractivity contribution in [2.75, 3.05) is 37.8 Å². The zero-order valence-corrected chi connectivity index (χ0v) is 33.8. The summed E-state index contributed by atoms with van der Waals surface area (Å²) in [5, 5.41) is 26.4. The average Bonchev–Trinajstić information content (AvgIpc) is 3.64.